The maximum Gasteiger partial charge on any atom is 0.222 e. The molecule has 0 spiro atoms. The highest BCUT2D eigenvalue weighted by molar-refractivity contribution is 5.76. The van der Waals surface area contributed by atoms with Gasteiger partial charge in [0.1, 0.15) is 5.75 Å². The van der Waals surface area contributed by atoms with Gasteiger partial charge in [-0.3, -0.25) is 4.79 Å². The van der Waals surface area contributed by atoms with Crippen molar-refractivity contribution in [2.24, 2.45) is 5.73 Å². The lowest BCUT2D eigenvalue weighted by molar-refractivity contribution is -0.131. The van der Waals surface area contributed by atoms with E-state index in [1.807, 2.05) is 36.9 Å². The van der Waals surface area contributed by atoms with Gasteiger partial charge in [0.25, 0.3) is 0 Å². The lowest BCUT2D eigenvalue weighted by atomic mass is 9.99. The first-order chi connectivity index (χ1) is 9.87. The molecule has 1 aliphatic rings. The summed E-state index contributed by atoms with van der Waals surface area (Å²) in [6.07, 6.45) is 1.20. The van der Waals surface area contributed by atoms with Gasteiger partial charge in [-0.15, -0.1) is 0 Å². The van der Waals surface area contributed by atoms with E-state index in [1.54, 1.807) is 6.07 Å². The molecule has 1 aliphatic heterocycles. The molecule has 0 unspecified atom stereocenters. The van der Waals surface area contributed by atoms with E-state index in [9.17, 15) is 9.90 Å². The molecule has 1 saturated heterocycles. The van der Waals surface area contributed by atoms with Crippen molar-refractivity contribution < 1.29 is 9.90 Å². The summed E-state index contributed by atoms with van der Waals surface area (Å²) in [6, 6.07) is 7.32. The normalized spacial score (nSPS) is 16.1. The predicted octanol–water partition coefficient (Wildman–Crippen LogP) is 1.56. The van der Waals surface area contributed by atoms with E-state index in [0.29, 0.717) is 31.7 Å². The average Bonchev–Trinajstić information content (AvgIpc) is 2.45. The Labute approximate surface area is 126 Å². The third-order valence-corrected chi connectivity index (χ3v) is 3.84. The summed E-state index contributed by atoms with van der Waals surface area (Å²) in [7, 11) is 0. The number of phenolic OH excluding ortho intramolecular Hbond substituents is 1. The third-order valence-electron chi connectivity index (χ3n) is 3.84. The fraction of sp³-hybridized carbons (Fsp3) is 0.562. The number of nitrogens with zero attached hydrogens (tertiary/aromatic N) is 2. The van der Waals surface area contributed by atoms with E-state index in [-0.39, 0.29) is 11.4 Å². The fourth-order valence-corrected chi connectivity index (χ4v) is 2.52. The maximum absolute atomic E-state index is 12.2. The fourth-order valence-electron chi connectivity index (χ4n) is 2.52. The molecule has 0 bridgehead atoms. The Bertz CT molecular complexity index is 489. The summed E-state index contributed by atoms with van der Waals surface area (Å²) in [5.41, 5.74) is 6.46. The number of aromatic hydroxyl groups is 1. The zero-order chi connectivity index (χ0) is 15.5. The summed E-state index contributed by atoms with van der Waals surface area (Å²) in [5.74, 6) is 0.465. The highest BCUT2D eigenvalue weighted by Crippen LogP contribution is 2.27. The SMILES string of the molecule is CC(C)(N)CCC(=O)N1CCN(c2ccccc2O)CC1. The van der Waals surface area contributed by atoms with Crippen molar-refractivity contribution in [3.05, 3.63) is 24.3 Å². The van der Waals surface area contributed by atoms with Crippen molar-refractivity contribution in [3.8, 4) is 5.75 Å². The molecule has 1 amide bonds. The van der Waals surface area contributed by atoms with Crippen molar-refractivity contribution in [1.82, 2.24) is 4.90 Å². The highest BCUT2D eigenvalue weighted by Gasteiger charge is 2.23. The van der Waals surface area contributed by atoms with Gasteiger partial charge in [-0.1, -0.05) is 12.1 Å². The van der Waals surface area contributed by atoms with Crippen LogP contribution in [0.5, 0.6) is 5.75 Å². The molecular formula is C16H25N3O2. The monoisotopic (exact) mass is 291 g/mol. The summed E-state index contributed by atoms with van der Waals surface area (Å²) < 4.78 is 0. The molecular weight excluding hydrogens is 266 g/mol. The molecule has 1 heterocycles. The van der Waals surface area contributed by atoms with Crippen molar-refractivity contribution in [1.29, 1.82) is 0 Å². The summed E-state index contributed by atoms with van der Waals surface area (Å²) in [6.45, 7) is 6.76. The second-order valence-electron chi connectivity index (χ2n) is 6.35. The summed E-state index contributed by atoms with van der Waals surface area (Å²) >= 11 is 0. The van der Waals surface area contributed by atoms with Crippen LogP contribution in [0.15, 0.2) is 24.3 Å². The molecule has 0 radical (unpaired) electrons. The summed E-state index contributed by atoms with van der Waals surface area (Å²) in [4.78, 5) is 16.2. The van der Waals surface area contributed by atoms with Gasteiger partial charge in [0, 0.05) is 38.1 Å². The van der Waals surface area contributed by atoms with Crippen LogP contribution in [0.1, 0.15) is 26.7 Å². The first-order valence-corrected chi connectivity index (χ1v) is 7.46. The standard InChI is InChI=1S/C16H25N3O2/c1-16(2,17)8-7-15(21)19-11-9-18(10-12-19)13-5-3-4-6-14(13)20/h3-6,20H,7-12,17H2,1-2H3. The van der Waals surface area contributed by atoms with E-state index >= 15 is 0 Å². The number of piperazine rings is 1. The molecule has 0 aliphatic carbocycles. The minimum absolute atomic E-state index is 0.172. The molecule has 5 heteroatoms. The highest BCUT2D eigenvalue weighted by atomic mass is 16.3. The Morgan fingerprint density at radius 2 is 1.86 bits per heavy atom. The molecule has 0 aromatic heterocycles. The first-order valence-electron chi connectivity index (χ1n) is 7.46. The lowest BCUT2D eigenvalue weighted by Crippen LogP contribution is -2.49. The van der Waals surface area contributed by atoms with E-state index in [4.69, 9.17) is 5.73 Å². The zero-order valence-corrected chi connectivity index (χ0v) is 12.9. The van der Waals surface area contributed by atoms with Gasteiger partial charge < -0.3 is 20.6 Å². The Balaban J connectivity index is 1.86. The van der Waals surface area contributed by atoms with Gasteiger partial charge in [0.05, 0.1) is 5.69 Å². The molecule has 0 atom stereocenters. The first kappa shape index (κ1) is 15.6. The largest absolute Gasteiger partial charge is 0.506 e. The minimum atomic E-state index is -0.298. The van der Waals surface area contributed by atoms with Crippen LogP contribution in [0.25, 0.3) is 0 Å². The van der Waals surface area contributed by atoms with Crippen molar-refractivity contribution in [2.45, 2.75) is 32.2 Å². The number of carbonyl (C=O) groups is 1. The number of hydrogen-bond acceptors (Lipinski definition) is 4. The number of amides is 1. The Morgan fingerprint density at radius 1 is 1.24 bits per heavy atom. The van der Waals surface area contributed by atoms with E-state index in [0.717, 1.165) is 18.8 Å². The number of nitrogens with two attached hydrogens (primary N) is 1. The van der Waals surface area contributed by atoms with Crippen molar-refractivity contribution in [2.75, 3.05) is 31.1 Å². The Kier molecular flexibility index (Phi) is 4.73. The molecule has 5 nitrogen and oxygen atoms in total. The van der Waals surface area contributed by atoms with E-state index in [2.05, 4.69) is 4.90 Å². The molecule has 2 rings (SSSR count). The Hall–Kier alpha value is -1.75. The van der Waals surface area contributed by atoms with Crippen LogP contribution in [0.4, 0.5) is 5.69 Å². The smallest absolute Gasteiger partial charge is 0.222 e. The van der Waals surface area contributed by atoms with E-state index < -0.39 is 0 Å². The van der Waals surface area contributed by atoms with Gasteiger partial charge in [0.15, 0.2) is 0 Å². The minimum Gasteiger partial charge on any atom is -0.506 e. The molecule has 21 heavy (non-hydrogen) atoms. The number of hydrogen-bond donors (Lipinski definition) is 2. The van der Waals surface area contributed by atoms with E-state index in [1.165, 1.54) is 0 Å². The quantitative estimate of drug-likeness (QED) is 0.883. The van der Waals surface area contributed by atoms with Gasteiger partial charge in [-0.25, -0.2) is 0 Å². The molecule has 116 valence electrons. The molecule has 0 saturated carbocycles. The van der Waals surface area contributed by atoms with Crippen LogP contribution in [0.3, 0.4) is 0 Å². The third kappa shape index (κ3) is 4.36. The Morgan fingerprint density at radius 3 is 2.43 bits per heavy atom. The van der Waals surface area contributed by atoms with Crippen molar-refractivity contribution >= 4 is 11.6 Å². The molecule has 1 aromatic rings. The van der Waals surface area contributed by atoms with Crippen molar-refractivity contribution in [3.63, 3.8) is 0 Å². The van der Waals surface area contributed by atoms with Crippen LogP contribution < -0.4 is 10.6 Å². The van der Waals surface area contributed by atoms with Crippen LogP contribution in [0.2, 0.25) is 0 Å². The average molecular weight is 291 g/mol. The maximum atomic E-state index is 12.2. The number of benzene rings is 1. The second kappa shape index (κ2) is 6.35. The molecule has 1 aromatic carbocycles. The van der Waals surface area contributed by atoms with Crippen LogP contribution in [-0.4, -0.2) is 47.6 Å². The summed E-state index contributed by atoms with van der Waals surface area (Å²) in [5, 5.41) is 9.88. The van der Waals surface area contributed by atoms with Crippen LogP contribution in [0, 0.1) is 0 Å². The zero-order valence-electron chi connectivity index (χ0n) is 12.9. The predicted molar refractivity (Wildman–Crippen MR) is 84.4 cm³/mol. The van der Waals surface area contributed by atoms with Crippen LogP contribution >= 0.6 is 0 Å². The molecule has 3 N–H and O–H groups in total. The lowest BCUT2D eigenvalue weighted by Gasteiger charge is -2.36. The second-order valence-corrected chi connectivity index (χ2v) is 6.35. The van der Waals surface area contributed by atoms with Crippen LogP contribution in [-0.2, 0) is 4.79 Å². The number of phenols is 1. The number of anilines is 1. The van der Waals surface area contributed by atoms with Gasteiger partial charge >= 0.3 is 0 Å². The topological polar surface area (TPSA) is 69.8 Å². The molecule has 1 fully saturated rings. The van der Waals surface area contributed by atoms with Gasteiger partial charge in [-0.05, 0) is 32.4 Å². The number of para-hydroxylation sites is 2. The number of rotatable bonds is 4. The van der Waals surface area contributed by atoms with Gasteiger partial charge in [-0.2, -0.15) is 0 Å². The number of carbonyl (C=O) groups excluding carboxylic acids is 1. The van der Waals surface area contributed by atoms with Gasteiger partial charge in [0.2, 0.25) is 5.91 Å².